The Morgan fingerprint density at radius 1 is 1.00 bits per heavy atom. The van der Waals surface area contributed by atoms with Crippen molar-refractivity contribution in [3.8, 4) is 22.8 Å². The third-order valence-corrected chi connectivity index (χ3v) is 6.45. The molecule has 0 aliphatic heterocycles. The summed E-state index contributed by atoms with van der Waals surface area (Å²) in [6.07, 6.45) is 11.9. The zero-order chi connectivity index (χ0) is 23.5. The van der Waals surface area contributed by atoms with Gasteiger partial charge in [0.25, 0.3) is 0 Å². The first-order valence-electron chi connectivity index (χ1n) is 11.8. The summed E-state index contributed by atoms with van der Waals surface area (Å²) < 4.78 is 14.9. The van der Waals surface area contributed by atoms with Gasteiger partial charge in [-0.3, -0.25) is 9.67 Å². The predicted molar refractivity (Wildman–Crippen MR) is 131 cm³/mol. The van der Waals surface area contributed by atoms with Crippen LogP contribution in [0.4, 0.5) is 5.69 Å². The molecule has 3 aromatic heterocycles. The first kappa shape index (κ1) is 22.1. The van der Waals surface area contributed by atoms with Crippen LogP contribution in [0.15, 0.2) is 53.9 Å². The highest BCUT2D eigenvalue weighted by Crippen LogP contribution is 2.28. The second-order valence-electron chi connectivity index (χ2n) is 8.86. The van der Waals surface area contributed by atoms with E-state index in [9.17, 15) is 0 Å². The van der Waals surface area contributed by atoms with Crippen LogP contribution < -0.4 is 15.0 Å². The topological polar surface area (TPSA) is 79.4 Å². The van der Waals surface area contributed by atoms with Crippen LogP contribution in [-0.4, -0.2) is 38.5 Å². The van der Waals surface area contributed by atoms with Gasteiger partial charge in [-0.15, -0.1) is 0 Å². The molecule has 176 valence electrons. The van der Waals surface area contributed by atoms with Crippen molar-refractivity contribution in [2.24, 2.45) is 18.0 Å². The molecular formula is C26H30N6O2. The monoisotopic (exact) mass is 458 g/mol. The molecule has 34 heavy (non-hydrogen) atoms. The number of ether oxygens (including phenoxy) is 2. The van der Waals surface area contributed by atoms with E-state index in [0.717, 1.165) is 40.1 Å². The highest BCUT2D eigenvalue weighted by atomic mass is 16.5. The minimum atomic E-state index is 0.599. The molecule has 1 aliphatic rings. The quantitative estimate of drug-likeness (QED) is 0.420. The number of benzene rings is 1. The number of aromatic nitrogens is 5. The predicted octanol–water partition coefficient (Wildman–Crippen LogP) is 4.66. The maximum Gasteiger partial charge on any atom is 0.160 e. The van der Waals surface area contributed by atoms with Crippen molar-refractivity contribution in [1.82, 2.24) is 24.3 Å². The van der Waals surface area contributed by atoms with Crippen molar-refractivity contribution in [3.63, 3.8) is 0 Å². The van der Waals surface area contributed by atoms with Gasteiger partial charge < -0.3 is 14.0 Å². The van der Waals surface area contributed by atoms with E-state index in [-0.39, 0.29) is 0 Å². The van der Waals surface area contributed by atoms with Crippen LogP contribution in [0.1, 0.15) is 32.1 Å². The lowest BCUT2D eigenvalue weighted by Crippen LogP contribution is -2.26. The molecule has 1 fully saturated rings. The van der Waals surface area contributed by atoms with Crippen LogP contribution in [0.3, 0.4) is 0 Å². The molecule has 4 aromatic rings. The zero-order valence-corrected chi connectivity index (χ0v) is 19.9. The number of hydrogen-bond acceptors (Lipinski definition) is 6. The molecule has 3 heterocycles. The summed E-state index contributed by atoms with van der Waals surface area (Å²) in [5.74, 6) is 2.01. The van der Waals surface area contributed by atoms with Crippen LogP contribution in [0, 0.1) is 5.92 Å². The van der Waals surface area contributed by atoms with Crippen LogP contribution in [0.25, 0.3) is 22.4 Å². The van der Waals surface area contributed by atoms with E-state index in [2.05, 4.69) is 9.67 Å². The Bertz CT molecular complexity index is 1350. The fraction of sp³-hybridized carbons (Fsp3) is 0.385. The molecule has 0 amide bonds. The van der Waals surface area contributed by atoms with E-state index in [1.807, 2.05) is 56.0 Å². The molecule has 0 atom stereocenters. The normalized spacial score (nSPS) is 15.1. The van der Waals surface area contributed by atoms with Gasteiger partial charge in [-0.25, -0.2) is 9.98 Å². The van der Waals surface area contributed by atoms with Crippen molar-refractivity contribution >= 4 is 16.9 Å². The molecule has 8 nitrogen and oxygen atoms in total. The zero-order valence-electron chi connectivity index (χ0n) is 19.9. The van der Waals surface area contributed by atoms with E-state index in [0.29, 0.717) is 17.4 Å². The van der Waals surface area contributed by atoms with Gasteiger partial charge in [-0.05, 0) is 30.9 Å². The van der Waals surface area contributed by atoms with Gasteiger partial charge in [-0.2, -0.15) is 5.10 Å². The second-order valence-corrected chi connectivity index (χ2v) is 8.86. The molecule has 8 heteroatoms. The molecule has 0 N–H and O–H groups in total. The lowest BCUT2D eigenvalue weighted by Gasteiger charge is -2.23. The molecule has 1 aromatic carbocycles. The lowest BCUT2D eigenvalue weighted by atomic mass is 9.89. The van der Waals surface area contributed by atoms with Crippen LogP contribution in [0.5, 0.6) is 11.5 Å². The van der Waals surface area contributed by atoms with Gasteiger partial charge >= 0.3 is 0 Å². The number of pyridine rings is 1. The largest absolute Gasteiger partial charge is 0.497 e. The van der Waals surface area contributed by atoms with Crippen molar-refractivity contribution in [2.75, 3.05) is 14.2 Å². The molecule has 0 saturated heterocycles. The molecular weight excluding hydrogens is 428 g/mol. The Labute approximate surface area is 198 Å². The summed E-state index contributed by atoms with van der Waals surface area (Å²) in [6, 6.07) is 9.68. The summed E-state index contributed by atoms with van der Waals surface area (Å²) in [6.45, 7) is 0.864. The van der Waals surface area contributed by atoms with E-state index in [1.54, 1.807) is 18.9 Å². The van der Waals surface area contributed by atoms with Crippen molar-refractivity contribution in [3.05, 3.63) is 54.4 Å². The number of methoxy groups -OCH3 is 2. The van der Waals surface area contributed by atoms with Crippen molar-refractivity contribution in [2.45, 2.75) is 38.6 Å². The highest BCUT2D eigenvalue weighted by molar-refractivity contribution is 5.73. The maximum atomic E-state index is 5.45. The SMILES string of the molecule is COc1cc(/N=c2\ccc3ncc(-c4cnn(C)c4)nc3n2CC2CCCCC2)cc(OC)c1. The van der Waals surface area contributed by atoms with Crippen LogP contribution in [0.2, 0.25) is 0 Å². The maximum absolute atomic E-state index is 5.45. The smallest absolute Gasteiger partial charge is 0.160 e. The average molecular weight is 459 g/mol. The summed E-state index contributed by atoms with van der Waals surface area (Å²) in [5.41, 5.74) is 5.04. The van der Waals surface area contributed by atoms with Gasteiger partial charge in [0.05, 0.1) is 38.0 Å². The van der Waals surface area contributed by atoms with Gasteiger partial charge in [0.2, 0.25) is 0 Å². The van der Waals surface area contributed by atoms with E-state index >= 15 is 0 Å². The Morgan fingerprint density at radius 2 is 1.76 bits per heavy atom. The Balaban J connectivity index is 1.68. The summed E-state index contributed by atoms with van der Waals surface area (Å²) in [4.78, 5) is 14.8. The molecule has 1 aliphatic carbocycles. The van der Waals surface area contributed by atoms with Gasteiger partial charge in [0.1, 0.15) is 22.5 Å². The molecule has 0 bridgehead atoms. The van der Waals surface area contributed by atoms with Gasteiger partial charge in [0.15, 0.2) is 5.65 Å². The lowest BCUT2D eigenvalue weighted by molar-refractivity contribution is 0.318. The number of fused-ring (bicyclic) bond motifs is 1. The third kappa shape index (κ3) is 4.66. The standard InChI is InChI=1S/C26H30N6O2/c1-31-17-19(14-28-31)24-15-27-23-9-10-25(29-20-11-21(33-2)13-22(12-20)34-3)32(26(23)30-24)16-18-7-5-4-6-8-18/h9-15,17-18H,4-8,16H2,1-3H3/b29-25+. The summed E-state index contributed by atoms with van der Waals surface area (Å²) in [7, 11) is 5.20. The van der Waals surface area contributed by atoms with Gasteiger partial charge in [0, 0.05) is 43.6 Å². The van der Waals surface area contributed by atoms with Crippen LogP contribution >= 0.6 is 0 Å². The Kier molecular flexibility index (Phi) is 6.29. The average Bonchev–Trinajstić information content (AvgIpc) is 3.31. The Hall–Kier alpha value is -3.68. The summed E-state index contributed by atoms with van der Waals surface area (Å²) >= 11 is 0. The van der Waals surface area contributed by atoms with E-state index in [1.165, 1.54) is 32.1 Å². The van der Waals surface area contributed by atoms with Crippen LogP contribution in [-0.2, 0) is 13.6 Å². The fourth-order valence-corrected chi connectivity index (χ4v) is 4.64. The molecule has 1 saturated carbocycles. The van der Waals surface area contributed by atoms with Crippen molar-refractivity contribution in [1.29, 1.82) is 0 Å². The minimum absolute atomic E-state index is 0.599. The number of nitrogens with zero attached hydrogens (tertiary/aromatic N) is 6. The molecule has 0 unspecified atom stereocenters. The first-order valence-corrected chi connectivity index (χ1v) is 11.8. The van der Waals surface area contributed by atoms with Crippen molar-refractivity contribution < 1.29 is 9.47 Å². The first-order chi connectivity index (χ1) is 16.6. The number of hydrogen-bond donors (Lipinski definition) is 0. The number of rotatable bonds is 6. The van der Waals surface area contributed by atoms with Gasteiger partial charge in [-0.1, -0.05) is 19.3 Å². The molecule has 0 radical (unpaired) electrons. The number of aryl methyl sites for hydroxylation is 1. The third-order valence-electron chi connectivity index (χ3n) is 6.45. The highest BCUT2D eigenvalue weighted by Gasteiger charge is 2.17. The van der Waals surface area contributed by atoms with E-state index in [4.69, 9.17) is 24.4 Å². The second kappa shape index (κ2) is 9.67. The minimum Gasteiger partial charge on any atom is -0.497 e. The fourth-order valence-electron chi connectivity index (χ4n) is 4.64. The molecule has 5 rings (SSSR count). The molecule has 0 spiro atoms. The summed E-state index contributed by atoms with van der Waals surface area (Å²) in [5, 5.41) is 4.29. The van der Waals surface area contributed by atoms with E-state index < -0.39 is 0 Å². The Morgan fingerprint density at radius 3 is 2.44 bits per heavy atom.